The van der Waals surface area contributed by atoms with Crippen molar-refractivity contribution in [3.05, 3.63) is 119 Å². The number of aliphatic hydroxyl groups excluding tert-OH is 2. The Balaban J connectivity index is 1.14. The molecule has 1 aromatic heterocycles. The highest BCUT2D eigenvalue weighted by atomic mass is 33.1. The van der Waals surface area contributed by atoms with E-state index >= 15 is 0 Å². The van der Waals surface area contributed by atoms with E-state index in [0.29, 0.717) is 13.1 Å². The van der Waals surface area contributed by atoms with Crippen LogP contribution in [0.5, 0.6) is 0 Å². The molecule has 2 aromatic carbocycles. The lowest BCUT2D eigenvalue weighted by atomic mass is 10.1. The molecule has 1 aliphatic heterocycles. The van der Waals surface area contributed by atoms with E-state index in [9.17, 15) is 0 Å². The number of aliphatic hydroxyl groups is 2. The van der Waals surface area contributed by atoms with Crippen LogP contribution in [0.25, 0.3) is 17.7 Å². The summed E-state index contributed by atoms with van der Waals surface area (Å²) in [4.78, 5) is 5.82. The molecular formula is C37H48N4O2S2+2. The monoisotopic (exact) mass is 644 g/mol. The van der Waals surface area contributed by atoms with E-state index in [1.807, 2.05) is 38.5 Å². The van der Waals surface area contributed by atoms with Crippen LogP contribution in [0, 0.1) is 0 Å². The lowest BCUT2D eigenvalue weighted by Gasteiger charge is -2.20. The summed E-state index contributed by atoms with van der Waals surface area (Å²) in [5.41, 5.74) is 9.71. The maximum atomic E-state index is 9.16. The number of quaternary nitrogens is 1. The third kappa shape index (κ3) is 10.9. The minimum atomic E-state index is 0.148. The summed E-state index contributed by atoms with van der Waals surface area (Å²) in [7, 11) is 8.21. The van der Waals surface area contributed by atoms with Gasteiger partial charge in [-0.2, -0.15) is 0 Å². The van der Waals surface area contributed by atoms with E-state index < -0.39 is 0 Å². The molecule has 4 rings (SSSR count). The van der Waals surface area contributed by atoms with E-state index in [1.54, 1.807) is 0 Å². The number of anilines is 2. The Morgan fingerprint density at radius 3 is 1.80 bits per heavy atom. The molecule has 2 heterocycles. The number of pyridine rings is 1. The largest absolute Gasteiger partial charge is 0.390 e. The van der Waals surface area contributed by atoms with E-state index in [2.05, 4.69) is 129 Å². The Hall–Kier alpha value is -3.27. The molecule has 0 amide bonds. The zero-order valence-corrected chi connectivity index (χ0v) is 28.7. The molecule has 0 saturated carbocycles. The van der Waals surface area contributed by atoms with Gasteiger partial charge in [-0.3, -0.25) is 4.90 Å². The number of hydrogen-bond donors (Lipinski definition) is 3. The van der Waals surface area contributed by atoms with Gasteiger partial charge in [-0.25, -0.2) is 4.57 Å². The maximum Gasteiger partial charge on any atom is 0.171 e. The summed E-state index contributed by atoms with van der Waals surface area (Å²) < 4.78 is 1.99. The van der Waals surface area contributed by atoms with Crippen LogP contribution in [0.1, 0.15) is 30.5 Å². The molecule has 0 radical (unpaired) electrons. The van der Waals surface area contributed by atoms with Gasteiger partial charge in [0.1, 0.15) is 19.4 Å². The van der Waals surface area contributed by atoms with Crippen molar-refractivity contribution >= 4 is 50.7 Å². The first-order valence-corrected chi connectivity index (χ1v) is 18.1. The zero-order chi connectivity index (χ0) is 32.0. The van der Waals surface area contributed by atoms with Crippen molar-refractivity contribution in [1.82, 2.24) is 0 Å². The minimum Gasteiger partial charge on any atom is -0.390 e. The normalized spacial score (nSPS) is 15.0. The van der Waals surface area contributed by atoms with Crippen molar-refractivity contribution in [3.63, 3.8) is 0 Å². The number of nitrogens with one attached hydrogen (secondary N) is 1. The van der Waals surface area contributed by atoms with Crippen LogP contribution in [0.2, 0.25) is 0 Å². The quantitative estimate of drug-likeness (QED) is 0.107. The molecule has 45 heavy (non-hydrogen) atoms. The predicted octanol–water partition coefficient (Wildman–Crippen LogP) is 5.17. The van der Waals surface area contributed by atoms with Crippen LogP contribution < -0.4 is 19.3 Å². The summed E-state index contributed by atoms with van der Waals surface area (Å²) in [5.74, 6) is 2.14. The smallest absolute Gasteiger partial charge is 0.171 e. The summed E-state index contributed by atoms with van der Waals surface area (Å²) in [6, 6.07) is 21.7. The molecule has 1 atom stereocenters. The molecule has 0 bridgehead atoms. The lowest BCUT2D eigenvalue weighted by Crippen LogP contribution is -3.02. The highest BCUT2D eigenvalue weighted by Crippen LogP contribution is 2.25. The van der Waals surface area contributed by atoms with Crippen molar-refractivity contribution in [3.8, 4) is 0 Å². The number of benzene rings is 2. The predicted molar refractivity (Wildman–Crippen MR) is 195 cm³/mol. The van der Waals surface area contributed by atoms with Crippen LogP contribution in [0.4, 0.5) is 11.4 Å². The fourth-order valence-corrected chi connectivity index (χ4v) is 7.14. The van der Waals surface area contributed by atoms with Gasteiger partial charge in [-0.05, 0) is 65.9 Å². The average molecular weight is 645 g/mol. The molecule has 0 spiro atoms. The molecule has 0 fully saturated rings. The molecule has 0 aliphatic carbocycles. The SMILES string of the molecule is C/C(=C\c1ccc(N(C)CCSSCCN(C)c2ccc(/C=C(\C)c3cc[n+](CCO)cc3)cc2)cc1)C1=C[NH+](CCO)C=C1. The van der Waals surface area contributed by atoms with Crippen LogP contribution in [-0.2, 0) is 6.54 Å². The summed E-state index contributed by atoms with van der Waals surface area (Å²) >= 11 is 0. The molecule has 3 aromatic rings. The standard InChI is InChI=1S/C37H47N4O2S2/c1-30(34-13-16-40(17-14-34)19-23-42)27-32-5-9-36(10-6-32)38(3)21-25-44-45-26-22-39(4)37-11-7-33(8-12-37)28-31(2)35-15-18-41(29-35)20-24-43/h5-18,27-29,42-43H,19-26H2,1-4H3/q+1/p+1/b31-28+. The Kier molecular flexibility index (Phi) is 13.9. The maximum absolute atomic E-state index is 9.16. The third-order valence-electron chi connectivity index (χ3n) is 7.92. The fourth-order valence-electron chi connectivity index (χ4n) is 5.05. The van der Waals surface area contributed by atoms with Crippen molar-refractivity contribution in [1.29, 1.82) is 0 Å². The molecule has 8 heteroatoms. The van der Waals surface area contributed by atoms with Crippen LogP contribution in [0.15, 0.2) is 103 Å². The zero-order valence-electron chi connectivity index (χ0n) is 27.0. The number of aromatic nitrogens is 1. The van der Waals surface area contributed by atoms with Crippen molar-refractivity contribution in [2.24, 2.45) is 0 Å². The van der Waals surface area contributed by atoms with Gasteiger partial charge in [0.05, 0.1) is 12.8 Å². The van der Waals surface area contributed by atoms with E-state index in [4.69, 9.17) is 10.2 Å². The van der Waals surface area contributed by atoms with Crippen molar-refractivity contribution in [2.45, 2.75) is 20.4 Å². The second-order valence-corrected chi connectivity index (χ2v) is 14.1. The van der Waals surface area contributed by atoms with Gasteiger partial charge < -0.3 is 20.0 Å². The van der Waals surface area contributed by atoms with Gasteiger partial charge in [-0.1, -0.05) is 58.0 Å². The van der Waals surface area contributed by atoms with Gasteiger partial charge >= 0.3 is 0 Å². The summed E-state index contributed by atoms with van der Waals surface area (Å²) in [6.07, 6.45) is 14.9. The molecule has 238 valence electrons. The summed E-state index contributed by atoms with van der Waals surface area (Å²) in [5, 5.41) is 18.3. The topological polar surface area (TPSA) is 55.3 Å². The average Bonchev–Trinajstić information content (AvgIpc) is 3.53. The lowest BCUT2D eigenvalue weighted by molar-refractivity contribution is -0.788. The molecule has 6 nitrogen and oxygen atoms in total. The van der Waals surface area contributed by atoms with Crippen LogP contribution in [0.3, 0.4) is 0 Å². The van der Waals surface area contributed by atoms with Crippen LogP contribution >= 0.6 is 21.6 Å². The molecule has 1 unspecified atom stereocenters. The first-order valence-electron chi connectivity index (χ1n) is 15.6. The van der Waals surface area contributed by atoms with E-state index in [-0.39, 0.29) is 13.2 Å². The fraction of sp³-hybridized carbons (Fsp3) is 0.324. The first kappa shape index (κ1) is 34.6. The van der Waals surface area contributed by atoms with E-state index in [0.717, 1.165) is 24.6 Å². The Bertz CT molecular complexity index is 1470. The number of allylic oxidation sites excluding steroid dienone is 4. The van der Waals surface area contributed by atoms with Crippen LogP contribution in [-0.4, -0.2) is 68.7 Å². The van der Waals surface area contributed by atoms with Crippen molar-refractivity contribution < 1.29 is 19.7 Å². The number of nitrogens with zero attached hydrogens (tertiary/aromatic N) is 3. The molecule has 0 saturated heterocycles. The molecule has 1 aliphatic rings. The highest BCUT2D eigenvalue weighted by molar-refractivity contribution is 8.76. The van der Waals surface area contributed by atoms with E-state index in [1.165, 1.54) is 49.7 Å². The first-order chi connectivity index (χ1) is 21.9. The second kappa shape index (κ2) is 18.0. The van der Waals surface area contributed by atoms with Gasteiger partial charge in [0.15, 0.2) is 18.9 Å². The second-order valence-electron chi connectivity index (χ2n) is 11.4. The van der Waals surface area contributed by atoms with Gasteiger partial charge in [-0.15, -0.1) is 0 Å². The van der Waals surface area contributed by atoms with Gasteiger partial charge in [0, 0.05) is 73.8 Å². The Morgan fingerprint density at radius 1 is 0.756 bits per heavy atom. The Labute approximate surface area is 277 Å². The molecular weight excluding hydrogens is 597 g/mol. The van der Waals surface area contributed by atoms with Gasteiger partial charge in [0.25, 0.3) is 0 Å². The minimum absolute atomic E-state index is 0.148. The van der Waals surface area contributed by atoms with Gasteiger partial charge in [0.2, 0.25) is 0 Å². The third-order valence-corrected chi connectivity index (χ3v) is 10.3. The number of rotatable bonds is 17. The highest BCUT2D eigenvalue weighted by Gasteiger charge is 2.12. The van der Waals surface area contributed by atoms with Crippen molar-refractivity contribution in [2.75, 3.05) is 68.2 Å². The molecule has 3 N–H and O–H groups in total. The Morgan fingerprint density at radius 2 is 1.29 bits per heavy atom. The number of hydrogen-bond acceptors (Lipinski definition) is 6. The summed E-state index contributed by atoms with van der Waals surface area (Å²) in [6.45, 7) is 7.95.